The number of amides is 2. The Hall–Kier alpha value is -3.35. The molecule has 0 unspecified atom stereocenters. The number of carboxylic acid groups (broad SMARTS) is 1. The van der Waals surface area contributed by atoms with Crippen molar-refractivity contribution in [1.82, 2.24) is 10.6 Å². The van der Waals surface area contributed by atoms with Gasteiger partial charge in [-0.15, -0.1) is 0 Å². The summed E-state index contributed by atoms with van der Waals surface area (Å²) < 4.78 is 5.52. The molecule has 32 heavy (non-hydrogen) atoms. The Morgan fingerprint density at radius 1 is 1.03 bits per heavy atom. The molecule has 7 nitrogen and oxygen atoms in total. The van der Waals surface area contributed by atoms with Gasteiger partial charge >= 0.3 is 12.1 Å². The number of carbonyl (C=O) groups excluding carboxylic acids is 2. The maximum absolute atomic E-state index is 12.3. The predicted molar refractivity (Wildman–Crippen MR) is 119 cm³/mol. The molecule has 0 heterocycles. The first-order chi connectivity index (χ1) is 15.4. The van der Waals surface area contributed by atoms with Crippen LogP contribution in [0.15, 0.2) is 48.5 Å². The van der Waals surface area contributed by atoms with E-state index >= 15 is 0 Å². The van der Waals surface area contributed by atoms with Crippen LogP contribution in [0.2, 0.25) is 0 Å². The van der Waals surface area contributed by atoms with Gasteiger partial charge in [0.15, 0.2) is 0 Å². The van der Waals surface area contributed by atoms with Gasteiger partial charge in [-0.05, 0) is 48.4 Å². The molecule has 0 saturated heterocycles. The van der Waals surface area contributed by atoms with Crippen LogP contribution in [0, 0.1) is 5.92 Å². The molecular weight excluding hydrogens is 408 g/mol. The molecule has 2 aromatic rings. The molecule has 0 bridgehead atoms. The summed E-state index contributed by atoms with van der Waals surface area (Å²) in [4.78, 5) is 35.7. The second-order valence-electron chi connectivity index (χ2n) is 8.69. The van der Waals surface area contributed by atoms with Crippen LogP contribution in [-0.2, 0) is 14.3 Å². The molecule has 2 aliphatic rings. The minimum atomic E-state index is -0.813. The maximum Gasteiger partial charge on any atom is 0.407 e. The number of fused-ring (bicyclic) bond motifs is 3. The van der Waals surface area contributed by atoms with E-state index in [0.717, 1.165) is 11.1 Å². The van der Waals surface area contributed by atoms with Crippen molar-refractivity contribution in [2.45, 2.75) is 50.6 Å². The van der Waals surface area contributed by atoms with Crippen LogP contribution >= 0.6 is 0 Å². The second-order valence-corrected chi connectivity index (χ2v) is 8.69. The molecule has 3 atom stereocenters. The van der Waals surface area contributed by atoms with Gasteiger partial charge < -0.3 is 20.5 Å². The van der Waals surface area contributed by atoms with E-state index < -0.39 is 24.0 Å². The Morgan fingerprint density at radius 2 is 1.66 bits per heavy atom. The van der Waals surface area contributed by atoms with E-state index in [1.54, 1.807) is 6.92 Å². The minimum Gasteiger partial charge on any atom is -0.481 e. The average molecular weight is 437 g/mol. The number of hydrogen-bond donors (Lipinski definition) is 3. The number of hydrogen-bond acceptors (Lipinski definition) is 4. The van der Waals surface area contributed by atoms with Crippen molar-refractivity contribution >= 4 is 18.0 Å². The summed E-state index contributed by atoms with van der Waals surface area (Å²) in [6, 6.07) is 15.8. The van der Waals surface area contributed by atoms with Gasteiger partial charge in [0.25, 0.3) is 0 Å². The molecule has 3 N–H and O–H groups in total. The Bertz CT molecular complexity index is 975. The molecule has 0 aliphatic heterocycles. The lowest BCUT2D eigenvalue weighted by Crippen LogP contribution is -2.40. The monoisotopic (exact) mass is 436 g/mol. The van der Waals surface area contributed by atoms with Crippen molar-refractivity contribution in [3.05, 3.63) is 59.7 Å². The fourth-order valence-electron chi connectivity index (χ4n) is 4.79. The highest BCUT2D eigenvalue weighted by Crippen LogP contribution is 2.44. The zero-order chi connectivity index (χ0) is 22.7. The van der Waals surface area contributed by atoms with Crippen molar-refractivity contribution in [3.63, 3.8) is 0 Å². The summed E-state index contributed by atoms with van der Waals surface area (Å²) >= 11 is 0. The predicted octanol–water partition coefficient (Wildman–Crippen LogP) is 3.67. The van der Waals surface area contributed by atoms with E-state index in [1.165, 1.54) is 11.1 Å². The third-order valence-electron chi connectivity index (χ3n) is 6.35. The highest BCUT2D eigenvalue weighted by molar-refractivity contribution is 5.80. The second kappa shape index (κ2) is 9.42. The largest absolute Gasteiger partial charge is 0.481 e. The molecule has 0 radical (unpaired) electrons. The summed E-state index contributed by atoms with van der Waals surface area (Å²) in [5.41, 5.74) is 4.62. The number of carboxylic acids is 1. The summed E-state index contributed by atoms with van der Waals surface area (Å²) in [7, 11) is 0. The fraction of sp³-hybridized carbons (Fsp3) is 0.400. The van der Waals surface area contributed by atoms with Crippen LogP contribution in [-0.4, -0.2) is 41.8 Å². The van der Waals surface area contributed by atoms with Gasteiger partial charge in [-0.3, -0.25) is 9.59 Å². The third-order valence-corrected chi connectivity index (χ3v) is 6.35. The number of alkyl carbamates (subject to hydrolysis) is 1. The van der Waals surface area contributed by atoms with Gasteiger partial charge in [0, 0.05) is 24.4 Å². The molecule has 7 heteroatoms. The van der Waals surface area contributed by atoms with Crippen molar-refractivity contribution in [2.24, 2.45) is 5.92 Å². The van der Waals surface area contributed by atoms with Crippen LogP contribution in [0.4, 0.5) is 4.79 Å². The zero-order valence-electron chi connectivity index (χ0n) is 18.0. The highest BCUT2D eigenvalue weighted by Gasteiger charge is 2.31. The van der Waals surface area contributed by atoms with Gasteiger partial charge in [0.05, 0.1) is 5.92 Å². The van der Waals surface area contributed by atoms with Crippen LogP contribution in [0.3, 0.4) is 0 Å². The van der Waals surface area contributed by atoms with Crippen LogP contribution in [0.1, 0.15) is 49.7 Å². The fourth-order valence-corrected chi connectivity index (χ4v) is 4.79. The number of carbonyl (C=O) groups is 3. The lowest BCUT2D eigenvalue weighted by atomic mass is 9.98. The first-order valence-electron chi connectivity index (χ1n) is 11.1. The summed E-state index contributed by atoms with van der Waals surface area (Å²) in [6.07, 6.45) is 1.25. The first kappa shape index (κ1) is 21.9. The van der Waals surface area contributed by atoms with E-state index in [1.807, 2.05) is 24.3 Å². The number of rotatable bonds is 7. The van der Waals surface area contributed by atoms with Gasteiger partial charge in [-0.25, -0.2) is 4.79 Å². The van der Waals surface area contributed by atoms with Gasteiger partial charge in [0.2, 0.25) is 5.91 Å². The Kier molecular flexibility index (Phi) is 6.44. The molecule has 2 aromatic carbocycles. The van der Waals surface area contributed by atoms with Crippen molar-refractivity contribution in [3.8, 4) is 11.1 Å². The van der Waals surface area contributed by atoms with Crippen LogP contribution in [0.5, 0.6) is 0 Å². The Balaban J connectivity index is 1.26. The quantitative estimate of drug-likeness (QED) is 0.614. The molecule has 4 rings (SSSR count). The summed E-state index contributed by atoms with van der Waals surface area (Å²) in [5.74, 6) is -1.42. The van der Waals surface area contributed by atoms with Crippen molar-refractivity contribution in [1.29, 1.82) is 0 Å². The smallest absolute Gasteiger partial charge is 0.407 e. The van der Waals surface area contributed by atoms with Crippen molar-refractivity contribution < 1.29 is 24.2 Å². The average Bonchev–Trinajstić information content (AvgIpc) is 3.35. The Labute approximate surface area is 187 Å². The molecule has 2 amide bonds. The number of ether oxygens (including phenoxy) is 1. The highest BCUT2D eigenvalue weighted by atomic mass is 16.5. The first-order valence-corrected chi connectivity index (χ1v) is 11.1. The number of nitrogens with one attached hydrogen (secondary N) is 2. The molecule has 0 aromatic heterocycles. The van der Waals surface area contributed by atoms with Gasteiger partial charge in [-0.1, -0.05) is 48.5 Å². The maximum atomic E-state index is 12.3. The summed E-state index contributed by atoms with van der Waals surface area (Å²) in [5, 5.41) is 14.7. The topological polar surface area (TPSA) is 105 Å². The number of benzene rings is 2. The normalized spacial score (nSPS) is 20.2. The molecule has 1 saturated carbocycles. The van der Waals surface area contributed by atoms with E-state index in [-0.39, 0.29) is 30.9 Å². The van der Waals surface area contributed by atoms with E-state index in [2.05, 4.69) is 34.9 Å². The molecule has 168 valence electrons. The Morgan fingerprint density at radius 3 is 2.25 bits per heavy atom. The molecule has 0 spiro atoms. The van der Waals surface area contributed by atoms with Crippen molar-refractivity contribution in [2.75, 3.05) is 6.61 Å². The standard InChI is InChI=1S/C25H28N2O5/c1-15(12-23(28)27-17-11-10-16(13-17)24(29)30)26-25(31)32-14-22-20-8-4-2-6-18(20)19-7-3-5-9-21(19)22/h2-9,15-17,22H,10-14H2,1H3,(H,26,31)(H,27,28)(H,29,30)/t15-,16+,17-/m0/s1. The van der Waals surface area contributed by atoms with E-state index in [4.69, 9.17) is 9.84 Å². The van der Waals surface area contributed by atoms with Crippen LogP contribution in [0.25, 0.3) is 11.1 Å². The minimum absolute atomic E-state index is 0.0173. The van der Waals surface area contributed by atoms with E-state index in [9.17, 15) is 14.4 Å². The zero-order valence-corrected chi connectivity index (χ0v) is 18.0. The lowest BCUT2D eigenvalue weighted by Gasteiger charge is -2.18. The SMILES string of the molecule is C[C@@H](CC(=O)N[C@H]1CC[C@@H](C(=O)O)C1)NC(=O)OCC1c2ccccc2-c2ccccc21. The van der Waals surface area contributed by atoms with Gasteiger partial charge in [-0.2, -0.15) is 0 Å². The van der Waals surface area contributed by atoms with E-state index in [0.29, 0.717) is 19.3 Å². The lowest BCUT2D eigenvalue weighted by molar-refractivity contribution is -0.141. The third kappa shape index (κ3) is 4.77. The summed E-state index contributed by atoms with van der Waals surface area (Å²) in [6.45, 7) is 1.97. The molecule has 2 aliphatic carbocycles. The molecular formula is C25H28N2O5. The molecule has 1 fully saturated rings. The van der Waals surface area contributed by atoms with Crippen LogP contribution < -0.4 is 10.6 Å². The van der Waals surface area contributed by atoms with Gasteiger partial charge in [0.1, 0.15) is 6.61 Å². The number of aliphatic carboxylic acids is 1.